The van der Waals surface area contributed by atoms with Crippen molar-refractivity contribution in [2.45, 2.75) is 97.3 Å². The zero-order valence-corrected chi connectivity index (χ0v) is 15.6. The molecule has 1 aliphatic carbocycles. The molecule has 0 aromatic heterocycles. The van der Waals surface area contributed by atoms with Crippen molar-refractivity contribution in [1.29, 1.82) is 0 Å². The first-order valence-electron chi connectivity index (χ1n) is 9.87. The van der Waals surface area contributed by atoms with Crippen LogP contribution in [0.1, 0.15) is 97.3 Å². The van der Waals surface area contributed by atoms with Crippen molar-refractivity contribution in [2.75, 3.05) is 0 Å². The lowest BCUT2D eigenvalue weighted by atomic mass is 9.74. The van der Waals surface area contributed by atoms with E-state index in [2.05, 4.69) is 6.92 Å². The zero-order chi connectivity index (χ0) is 18.0. The zero-order valence-electron chi connectivity index (χ0n) is 15.6. The van der Waals surface area contributed by atoms with Crippen molar-refractivity contribution in [3.8, 4) is 0 Å². The van der Waals surface area contributed by atoms with E-state index in [4.69, 9.17) is 5.11 Å². The Bertz CT molecular complexity index is 387. The fourth-order valence-electron chi connectivity index (χ4n) is 4.12. The predicted molar refractivity (Wildman–Crippen MR) is 96.1 cm³/mol. The molecule has 0 aliphatic heterocycles. The van der Waals surface area contributed by atoms with Gasteiger partial charge in [-0.05, 0) is 43.4 Å². The first-order chi connectivity index (χ1) is 11.4. The summed E-state index contributed by atoms with van der Waals surface area (Å²) in [6, 6.07) is 0. The maximum Gasteiger partial charge on any atom is 0.306 e. The van der Waals surface area contributed by atoms with Crippen LogP contribution in [0.4, 0.5) is 0 Å². The molecule has 0 aromatic rings. The second kappa shape index (κ2) is 10.7. The molecule has 0 amide bonds. The maximum absolute atomic E-state index is 11.5. The Morgan fingerprint density at radius 2 is 1.58 bits per heavy atom. The van der Waals surface area contributed by atoms with Gasteiger partial charge in [0.05, 0.1) is 5.92 Å². The van der Waals surface area contributed by atoms with Gasteiger partial charge in [0.2, 0.25) is 0 Å². The molecule has 4 nitrogen and oxygen atoms in total. The third kappa shape index (κ3) is 7.23. The SMILES string of the molecule is CCCCCCCC(C(C)C(=O)O)C1(CCCCCC(=O)O)CC1. The number of carboxylic acids is 2. The van der Waals surface area contributed by atoms with E-state index in [0.29, 0.717) is 0 Å². The minimum atomic E-state index is -0.722. The molecular formula is C20H36O4. The second-order valence-corrected chi connectivity index (χ2v) is 7.75. The highest BCUT2D eigenvalue weighted by molar-refractivity contribution is 5.70. The summed E-state index contributed by atoms with van der Waals surface area (Å²) in [6.07, 6.45) is 13.5. The second-order valence-electron chi connectivity index (χ2n) is 7.75. The van der Waals surface area contributed by atoms with E-state index in [-0.39, 0.29) is 23.7 Å². The van der Waals surface area contributed by atoms with Gasteiger partial charge in [0.1, 0.15) is 0 Å². The summed E-state index contributed by atoms with van der Waals surface area (Å²) >= 11 is 0. The molecule has 0 aromatic carbocycles. The van der Waals surface area contributed by atoms with Crippen LogP contribution in [-0.4, -0.2) is 22.2 Å². The quantitative estimate of drug-likeness (QED) is 0.386. The summed E-state index contributed by atoms with van der Waals surface area (Å²) in [7, 11) is 0. The largest absolute Gasteiger partial charge is 0.481 e. The molecule has 1 rings (SSSR count). The standard InChI is InChI=1S/C20H36O4/c1-3-4-5-6-8-11-17(16(2)19(23)24)20(14-15-20)13-10-7-9-12-18(21)22/h16-17H,3-15H2,1-2H3,(H,21,22)(H,23,24). The van der Waals surface area contributed by atoms with Gasteiger partial charge in [-0.25, -0.2) is 0 Å². The molecule has 2 unspecified atom stereocenters. The normalized spacial score (nSPS) is 18.1. The summed E-state index contributed by atoms with van der Waals surface area (Å²) in [4.78, 5) is 22.1. The van der Waals surface area contributed by atoms with E-state index in [1.54, 1.807) is 0 Å². The Morgan fingerprint density at radius 1 is 0.958 bits per heavy atom. The lowest BCUT2D eigenvalue weighted by Gasteiger charge is -2.30. The summed E-state index contributed by atoms with van der Waals surface area (Å²) in [5.41, 5.74) is 0.228. The molecule has 1 saturated carbocycles. The first-order valence-corrected chi connectivity index (χ1v) is 9.87. The van der Waals surface area contributed by atoms with E-state index in [9.17, 15) is 14.7 Å². The summed E-state index contributed by atoms with van der Waals surface area (Å²) in [5.74, 6) is -1.36. The Kier molecular flexibility index (Phi) is 9.38. The molecule has 2 N–H and O–H groups in total. The van der Waals surface area contributed by atoms with Crippen molar-refractivity contribution in [3.63, 3.8) is 0 Å². The molecule has 0 radical (unpaired) electrons. The van der Waals surface area contributed by atoms with Gasteiger partial charge in [0, 0.05) is 6.42 Å². The third-order valence-electron chi connectivity index (χ3n) is 5.86. The number of rotatable bonds is 15. The number of carbonyl (C=O) groups is 2. The van der Waals surface area contributed by atoms with Gasteiger partial charge in [0.15, 0.2) is 0 Å². The van der Waals surface area contributed by atoms with Gasteiger partial charge >= 0.3 is 11.9 Å². The fraction of sp³-hybridized carbons (Fsp3) is 0.900. The molecule has 0 saturated heterocycles. The van der Waals surface area contributed by atoms with Crippen LogP contribution >= 0.6 is 0 Å². The summed E-state index contributed by atoms with van der Waals surface area (Å²) in [6.45, 7) is 4.09. The molecule has 0 bridgehead atoms. The maximum atomic E-state index is 11.5. The molecule has 1 aliphatic rings. The molecule has 0 heterocycles. The van der Waals surface area contributed by atoms with Crippen molar-refractivity contribution >= 4 is 11.9 Å². The van der Waals surface area contributed by atoms with Gasteiger partial charge in [-0.15, -0.1) is 0 Å². The van der Waals surface area contributed by atoms with Crippen LogP contribution in [0.2, 0.25) is 0 Å². The highest BCUT2D eigenvalue weighted by Gasteiger charge is 2.50. The molecular weight excluding hydrogens is 304 g/mol. The Hall–Kier alpha value is -1.06. The van der Waals surface area contributed by atoms with E-state index >= 15 is 0 Å². The number of carboxylic acid groups (broad SMARTS) is 2. The lowest BCUT2D eigenvalue weighted by Crippen LogP contribution is -2.29. The average molecular weight is 341 g/mol. The van der Waals surface area contributed by atoms with Crippen LogP contribution in [0, 0.1) is 17.3 Å². The molecule has 140 valence electrons. The van der Waals surface area contributed by atoms with Gasteiger partial charge in [-0.2, -0.15) is 0 Å². The van der Waals surface area contributed by atoms with Gasteiger partial charge in [-0.1, -0.05) is 58.8 Å². The number of hydrogen-bond donors (Lipinski definition) is 2. The van der Waals surface area contributed by atoms with Crippen LogP contribution in [0.3, 0.4) is 0 Å². The van der Waals surface area contributed by atoms with E-state index in [1.165, 1.54) is 25.7 Å². The minimum absolute atomic E-state index is 0.228. The van der Waals surface area contributed by atoms with Gasteiger partial charge < -0.3 is 10.2 Å². The summed E-state index contributed by atoms with van der Waals surface area (Å²) < 4.78 is 0. The number of hydrogen-bond acceptors (Lipinski definition) is 2. The van der Waals surface area contributed by atoms with Crippen LogP contribution in [0.15, 0.2) is 0 Å². The average Bonchev–Trinajstić information content (AvgIpc) is 3.30. The van der Waals surface area contributed by atoms with Crippen molar-refractivity contribution < 1.29 is 19.8 Å². The smallest absolute Gasteiger partial charge is 0.306 e. The minimum Gasteiger partial charge on any atom is -0.481 e. The Balaban J connectivity index is 2.45. The van der Waals surface area contributed by atoms with Crippen LogP contribution in [0.25, 0.3) is 0 Å². The van der Waals surface area contributed by atoms with Crippen molar-refractivity contribution in [2.24, 2.45) is 17.3 Å². The predicted octanol–water partition coefficient (Wildman–Crippen LogP) is 5.50. The molecule has 1 fully saturated rings. The highest BCUT2D eigenvalue weighted by Crippen LogP contribution is 2.59. The Morgan fingerprint density at radius 3 is 2.12 bits per heavy atom. The molecule has 24 heavy (non-hydrogen) atoms. The molecule has 2 atom stereocenters. The monoisotopic (exact) mass is 340 g/mol. The lowest BCUT2D eigenvalue weighted by molar-refractivity contribution is -0.144. The summed E-state index contributed by atoms with van der Waals surface area (Å²) in [5, 5.41) is 18.2. The highest BCUT2D eigenvalue weighted by atomic mass is 16.4. The van der Waals surface area contributed by atoms with E-state index in [1.807, 2.05) is 6.92 Å². The van der Waals surface area contributed by atoms with E-state index < -0.39 is 11.9 Å². The number of aliphatic carboxylic acids is 2. The molecule has 0 spiro atoms. The molecule has 4 heteroatoms. The van der Waals surface area contributed by atoms with Gasteiger partial charge in [-0.3, -0.25) is 9.59 Å². The number of unbranched alkanes of at least 4 members (excludes halogenated alkanes) is 6. The van der Waals surface area contributed by atoms with E-state index in [0.717, 1.165) is 51.4 Å². The van der Waals surface area contributed by atoms with Crippen LogP contribution < -0.4 is 0 Å². The van der Waals surface area contributed by atoms with Crippen molar-refractivity contribution in [1.82, 2.24) is 0 Å². The fourth-order valence-corrected chi connectivity index (χ4v) is 4.12. The van der Waals surface area contributed by atoms with Crippen LogP contribution in [0.5, 0.6) is 0 Å². The van der Waals surface area contributed by atoms with Crippen molar-refractivity contribution in [3.05, 3.63) is 0 Å². The Labute approximate surface area is 147 Å². The van der Waals surface area contributed by atoms with Crippen LogP contribution in [-0.2, 0) is 9.59 Å². The topological polar surface area (TPSA) is 74.6 Å². The first kappa shape index (κ1) is 21.0. The van der Waals surface area contributed by atoms with Gasteiger partial charge in [0.25, 0.3) is 0 Å². The third-order valence-corrected chi connectivity index (χ3v) is 5.86.